The number of nitrogens with zero attached hydrogens (tertiary/aromatic N) is 2. The van der Waals surface area contributed by atoms with Crippen LogP contribution in [0.25, 0.3) is 0 Å². The van der Waals surface area contributed by atoms with Crippen molar-refractivity contribution in [2.24, 2.45) is 0 Å². The smallest absolute Gasteiger partial charge is 0.242 e. The van der Waals surface area contributed by atoms with Gasteiger partial charge in [0, 0.05) is 20.6 Å². The molecule has 0 fully saturated rings. The van der Waals surface area contributed by atoms with Gasteiger partial charge < -0.3 is 5.32 Å². The molecule has 0 aliphatic rings. The molecule has 0 spiro atoms. The highest BCUT2D eigenvalue weighted by molar-refractivity contribution is 7.92. The number of amides is 1. The van der Waals surface area contributed by atoms with Gasteiger partial charge in [0.05, 0.1) is 16.8 Å². The zero-order valence-corrected chi connectivity index (χ0v) is 18.4. The van der Waals surface area contributed by atoms with E-state index in [4.69, 9.17) is 0 Å². The van der Waals surface area contributed by atoms with Gasteiger partial charge in [0.1, 0.15) is 6.54 Å². The third kappa shape index (κ3) is 6.02. The first-order valence-corrected chi connectivity index (χ1v) is 12.0. The first-order chi connectivity index (χ1) is 13.4. The molecule has 0 radical (unpaired) electrons. The van der Waals surface area contributed by atoms with Crippen LogP contribution in [0.4, 0.5) is 5.69 Å². The minimum absolute atomic E-state index is 0.0310. The second kappa shape index (κ2) is 8.93. The Morgan fingerprint density at radius 1 is 0.931 bits per heavy atom. The van der Waals surface area contributed by atoms with Gasteiger partial charge in [-0.1, -0.05) is 29.8 Å². The molecule has 0 aliphatic heterocycles. The molecule has 2 aromatic carbocycles. The zero-order chi connectivity index (χ0) is 21.8. The molecule has 8 nitrogen and oxygen atoms in total. The number of sulfonamides is 2. The number of rotatable bonds is 8. The quantitative estimate of drug-likeness (QED) is 0.668. The maximum atomic E-state index is 12.3. The Morgan fingerprint density at radius 3 is 1.97 bits per heavy atom. The average Bonchev–Trinajstić information content (AvgIpc) is 2.64. The van der Waals surface area contributed by atoms with Crippen LogP contribution < -0.4 is 9.62 Å². The molecule has 1 N–H and O–H groups in total. The summed E-state index contributed by atoms with van der Waals surface area (Å²) in [5.41, 5.74) is 2.20. The van der Waals surface area contributed by atoms with Crippen LogP contribution >= 0.6 is 0 Å². The fourth-order valence-corrected chi connectivity index (χ4v) is 4.25. The van der Waals surface area contributed by atoms with Crippen molar-refractivity contribution in [2.45, 2.75) is 18.4 Å². The lowest BCUT2D eigenvalue weighted by atomic mass is 10.1. The minimum Gasteiger partial charge on any atom is -0.350 e. The van der Waals surface area contributed by atoms with Crippen molar-refractivity contribution in [3.8, 4) is 0 Å². The van der Waals surface area contributed by atoms with Crippen molar-refractivity contribution in [1.82, 2.24) is 9.62 Å². The molecule has 2 rings (SSSR count). The van der Waals surface area contributed by atoms with Crippen molar-refractivity contribution in [3.63, 3.8) is 0 Å². The fourth-order valence-electron chi connectivity index (χ4n) is 2.49. The third-order valence-corrected chi connectivity index (χ3v) is 7.17. The Bertz CT molecular complexity index is 1060. The first kappa shape index (κ1) is 22.9. The monoisotopic (exact) mass is 439 g/mol. The van der Waals surface area contributed by atoms with E-state index in [1.807, 2.05) is 31.2 Å². The van der Waals surface area contributed by atoms with Crippen LogP contribution in [0.5, 0.6) is 0 Å². The summed E-state index contributed by atoms with van der Waals surface area (Å²) in [6, 6.07) is 13.0. The van der Waals surface area contributed by atoms with Gasteiger partial charge in [-0.3, -0.25) is 9.10 Å². The zero-order valence-electron chi connectivity index (χ0n) is 16.8. The van der Waals surface area contributed by atoms with E-state index in [1.165, 1.54) is 38.4 Å². The second-order valence-corrected chi connectivity index (χ2v) is 10.9. The highest BCUT2D eigenvalue weighted by Crippen LogP contribution is 2.21. The lowest BCUT2D eigenvalue weighted by Crippen LogP contribution is -2.40. The Balaban J connectivity index is 2.15. The molecule has 0 atom stereocenters. The molecule has 1 amide bonds. The van der Waals surface area contributed by atoms with Crippen LogP contribution in [0.15, 0.2) is 53.4 Å². The van der Waals surface area contributed by atoms with Crippen LogP contribution in [0.2, 0.25) is 0 Å². The third-order valence-electron chi connectivity index (χ3n) is 4.20. The van der Waals surface area contributed by atoms with Gasteiger partial charge in [-0.05, 0) is 36.8 Å². The number of aryl methyl sites for hydroxylation is 1. The minimum atomic E-state index is -3.75. The molecule has 0 heterocycles. The molecule has 158 valence electrons. The van der Waals surface area contributed by atoms with E-state index in [0.717, 1.165) is 26.0 Å². The molecular formula is C19H25N3O5S2. The van der Waals surface area contributed by atoms with Gasteiger partial charge in [-0.15, -0.1) is 0 Å². The summed E-state index contributed by atoms with van der Waals surface area (Å²) in [5, 5.41) is 2.69. The number of benzene rings is 2. The molecule has 0 unspecified atom stereocenters. The summed E-state index contributed by atoms with van der Waals surface area (Å²) in [6.45, 7) is 1.82. The molecule has 0 saturated heterocycles. The maximum Gasteiger partial charge on any atom is 0.242 e. The molecule has 0 bridgehead atoms. The average molecular weight is 440 g/mol. The van der Waals surface area contributed by atoms with Crippen LogP contribution in [0.1, 0.15) is 11.1 Å². The molecule has 10 heteroatoms. The Morgan fingerprint density at radius 2 is 1.48 bits per heavy atom. The predicted molar refractivity (Wildman–Crippen MR) is 113 cm³/mol. The van der Waals surface area contributed by atoms with Crippen molar-refractivity contribution >= 4 is 31.6 Å². The molecule has 29 heavy (non-hydrogen) atoms. The Kier molecular flexibility index (Phi) is 7.04. The Hall–Kier alpha value is -2.43. The van der Waals surface area contributed by atoms with Crippen molar-refractivity contribution in [2.75, 3.05) is 31.2 Å². The van der Waals surface area contributed by atoms with E-state index >= 15 is 0 Å². The number of nitrogens with one attached hydrogen (secondary N) is 1. The number of carbonyl (C=O) groups excluding carboxylic acids is 1. The maximum absolute atomic E-state index is 12.3. The lowest BCUT2D eigenvalue weighted by Gasteiger charge is -2.22. The molecule has 0 aromatic heterocycles. The predicted octanol–water partition coefficient (Wildman–Crippen LogP) is 1.33. The molecule has 0 aliphatic carbocycles. The van der Waals surface area contributed by atoms with Crippen LogP contribution in [-0.2, 0) is 31.4 Å². The topological polar surface area (TPSA) is 104 Å². The Labute approximate surface area is 172 Å². The standard InChI is InChI=1S/C19H25N3O5S2/c1-15-5-7-16(8-6-15)13-20-19(23)14-22(28(4,24)25)17-9-11-18(12-10-17)29(26,27)21(2)3/h5-12H,13-14H2,1-4H3,(H,20,23). The van der Waals surface area contributed by atoms with Gasteiger partial charge in [-0.2, -0.15) is 0 Å². The van der Waals surface area contributed by atoms with E-state index in [-0.39, 0.29) is 17.1 Å². The summed E-state index contributed by atoms with van der Waals surface area (Å²) in [6.07, 6.45) is 0.991. The van der Waals surface area contributed by atoms with Gasteiger partial charge in [0.2, 0.25) is 26.0 Å². The number of hydrogen-bond donors (Lipinski definition) is 1. The van der Waals surface area contributed by atoms with Gasteiger partial charge >= 0.3 is 0 Å². The summed E-state index contributed by atoms with van der Waals surface area (Å²) in [4.78, 5) is 12.3. The lowest BCUT2D eigenvalue weighted by molar-refractivity contribution is -0.119. The van der Waals surface area contributed by atoms with Gasteiger partial charge in [0.25, 0.3) is 0 Å². The highest BCUT2D eigenvalue weighted by atomic mass is 32.2. The number of hydrogen-bond acceptors (Lipinski definition) is 5. The molecular weight excluding hydrogens is 414 g/mol. The van der Waals surface area contributed by atoms with E-state index in [9.17, 15) is 21.6 Å². The molecule has 0 saturated carbocycles. The molecule has 2 aromatic rings. The SMILES string of the molecule is Cc1ccc(CNC(=O)CN(c2ccc(S(=O)(=O)N(C)C)cc2)S(C)(=O)=O)cc1. The van der Waals surface area contributed by atoms with E-state index < -0.39 is 32.5 Å². The van der Waals surface area contributed by atoms with Crippen LogP contribution in [-0.4, -0.2) is 53.9 Å². The first-order valence-electron chi connectivity index (χ1n) is 8.74. The summed E-state index contributed by atoms with van der Waals surface area (Å²) < 4.78 is 50.7. The largest absolute Gasteiger partial charge is 0.350 e. The fraction of sp³-hybridized carbons (Fsp3) is 0.316. The highest BCUT2D eigenvalue weighted by Gasteiger charge is 2.22. The van der Waals surface area contributed by atoms with Crippen molar-refractivity contribution in [3.05, 3.63) is 59.7 Å². The number of carbonyl (C=O) groups is 1. The van der Waals surface area contributed by atoms with Crippen LogP contribution in [0, 0.1) is 6.92 Å². The van der Waals surface area contributed by atoms with Gasteiger partial charge in [-0.25, -0.2) is 21.1 Å². The van der Waals surface area contributed by atoms with Gasteiger partial charge in [0.15, 0.2) is 0 Å². The van der Waals surface area contributed by atoms with Crippen molar-refractivity contribution in [1.29, 1.82) is 0 Å². The summed E-state index contributed by atoms with van der Waals surface area (Å²) >= 11 is 0. The van der Waals surface area contributed by atoms with E-state index in [1.54, 1.807) is 0 Å². The van der Waals surface area contributed by atoms with E-state index in [0.29, 0.717) is 0 Å². The van der Waals surface area contributed by atoms with Crippen molar-refractivity contribution < 1.29 is 21.6 Å². The number of anilines is 1. The summed E-state index contributed by atoms with van der Waals surface area (Å²) in [7, 11) is -4.57. The normalized spacial score (nSPS) is 12.0. The van der Waals surface area contributed by atoms with E-state index in [2.05, 4.69) is 5.32 Å². The second-order valence-electron chi connectivity index (χ2n) is 6.81. The van der Waals surface area contributed by atoms with Crippen LogP contribution in [0.3, 0.4) is 0 Å². The summed E-state index contributed by atoms with van der Waals surface area (Å²) in [5.74, 6) is -0.471.